The molecule has 7 nitrogen and oxygen atoms in total. The Morgan fingerprint density at radius 2 is 2.10 bits per heavy atom. The van der Waals surface area contributed by atoms with Crippen molar-refractivity contribution in [1.29, 1.82) is 0 Å². The van der Waals surface area contributed by atoms with Gasteiger partial charge >= 0.3 is 0 Å². The summed E-state index contributed by atoms with van der Waals surface area (Å²) in [5.41, 5.74) is 0.728. The van der Waals surface area contributed by atoms with Crippen LogP contribution in [0.25, 0.3) is 0 Å². The van der Waals surface area contributed by atoms with E-state index >= 15 is 0 Å². The summed E-state index contributed by atoms with van der Waals surface area (Å²) in [6, 6.07) is 2.20. The number of piperazine rings is 1. The molecular formula is C14H22N4O3. The van der Waals surface area contributed by atoms with E-state index in [9.17, 15) is 10.1 Å². The second kappa shape index (κ2) is 6.82. The molecule has 0 aliphatic carbocycles. The molecule has 0 amide bonds. The third-order valence-corrected chi connectivity index (χ3v) is 3.93. The number of hydrogen-bond donors (Lipinski definition) is 0. The predicted molar refractivity (Wildman–Crippen MR) is 80.8 cm³/mol. The zero-order valence-electron chi connectivity index (χ0n) is 12.8. The van der Waals surface area contributed by atoms with E-state index in [1.54, 1.807) is 20.1 Å². The molecule has 116 valence electrons. The van der Waals surface area contributed by atoms with Crippen LogP contribution in [0.2, 0.25) is 0 Å². The topological polar surface area (TPSA) is 71.7 Å². The fourth-order valence-corrected chi connectivity index (χ4v) is 2.64. The van der Waals surface area contributed by atoms with Crippen molar-refractivity contribution in [3.63, 3.8) is 0 Å². The fraction of sp³-hybridized carbons (Fsp3) is 0.643. The Balaban J connectivity index is 1.99. The van der Waals surface area contributed by atoms with Crippen molar-refractivity contribution >= 4 is 11.5 Å². The van der Waals surface area contributed by atoms with Gasteiger partial charge in [-0.2, -0.15) is 0 Å². The van der Waals surface area contributed by atoms with Crippen LogP contribution < -0.4 is 4.90 Å². The summed E-state index contributed by atoms with van der Waals surface area (Å²) in [5.74, 6) is 0.817. The summed E-state index contributed by atoms with van der Waals surface area (Å²) in [6.07, 6.45) is 1.35. The maximum absolute atomic E-state index is 10.8. The van der Waals surface area contributed by atoms with E-state index in [4.69, 9.17) is 4.74 Å². The zero-order chi connectivity index (χ0) is 15.4. The zero-order valence-corrected chi connectivity index (χ0v) is 12.8. The van der Waals surface area contributed by atoms with Crippen molar-refractivity contribution in [2.75, 3.05) is 44.8 Å². The van der Waals surface area contributed by atoms with Gasteiger partial charge in [-0.05, 0) is 19.9 Å². The molecule has 0 aromatic carbocycles. The van der Waals surface area contributed by atoms with Gasteiger partial charge in [-0.3, -0.25) is 15.0 Å². The normalized spacial score (nSPS) is 17.8. The van der Waals surface area contributed by atoms with Gasteiger partial charge < -0.3 is 9.64 Å². The number of nitrogens with zero attached hydrogens (tertiary/aromatic N) is 4. The standard InChI is InChI=1S/C14H22N4O3/c1-11-8-14(15-9-13(11)18(19)20)17-6-4-16(5-7-17)12(2)10-21-3/h8-9,12H,4-7,10H2,1-3H3. The average Bonchev–Trinajstić information content (AvgIpc) is 2.47. The SMILES string of the molecule is COCC(C)N1CCN(c2cc(C)c([N+](=O)[O-])cn2)CC1. The van der Waals surface area contributed by atoms with E-state index < -0.39 is 4.92 Å². The van der Waals surface area contributed by atoms with Crippen LogP contribution in [-0.2, 0) is 4.74 Å². The highest BCUT2D eigenvalue weighted by atomic mass is 16.6. The molecule has 0 bridgehead atoms. The highest BCUT2D eigenvalue weighted by molar-refractivity contribution is 5.48. The predicted octanol–water partition coefficient (Wildman–Crippen LogP) is 1.46. The molecule has 1 fully saturated rings. The molecule has 0 spiro atoms. The lowest BCUT2D eigenvalue weighted by molar-refractivity contribution is -0.385. The van der Waals surface area contributed by atoms with Gasteiger partial charge in [-0.15, -0.1) is 0 Å². The van der Waals surface area contributed by atoms with Crippen LogP contribution >= 0.6 is 0 Å². The minimum absolute atomic E-state index is 0.0751. The quantitative estimate of drug-likeness (QED) is 0.604. The molecule has 2 rings (SSSR count). The Morgan fingerprint density at radius 1 is 1.43 bits per heavy atom. The number of anilines is 1. The highest BCUT2D eigenvalue weighted by Gasteiger charge is 2.22. The first-order valence-corrected chi connectivity index (χ1v) is 7.12. The first-order chi connectivity index (χ1) is 10.0. The molecule has 1 atom stereocenters. The van der Waals surface area contributed by atoms with Gasteiger partial charge in [0.05, 0.1) is 11.5 Å². The van der Waals surface area contributed by atoms with E-state index in [1.165, 1.54) is 6.20 Å². The number of ether oxygens (including phenoxy) is 1. The molecule has 1 aliphatic heterocycles. The molecule has 1 saturated heterocycles. The van der Waals surface area contributed by atoms with E-state index in [1.807, 2.05) is 0 Å². The van der Waals surface area contributed by atoms with Gasteiger partial charge in [0.2, 0.25) is 0 Å². The number of rotatable bonds is 5. The lowest BCUT2D eigenvalue weighted by Crippen LogP contribution is -2.50. The molecular weight excluding hydrogens is 272 g/mol. The third-order valence-electron chi connectivity index (χ3n) is 3.93. The summed E-state index contributed by atoms with van der Waals surface area (Å²) in [4.78, 5) is 19.2. The van der Waals surface area contributed by atoms with Crippen LogP contribution in [0.15, 0.2) is 12.3 Å². The maximum Gasteiger partial charge on any atom is 0.290 e. The number of hydrogen-bond acceptors (Lipinski definition) is 6. The van der Waals surface area contributed by atoms with E-state index in [-0.39, 0.29) is 5.69 Å². The van der Waals surface area contributed by atoms with Crippen LogP contribution in [0.4, 0.5) is 11.5 Å². The summed E-state index contributed by atoms with van der Waals surface area (Å²) < 4.78 is 5.19. The van der Waals surface area contributed by atoms with Crippen LogP contribution in [0.5, 0.6) is 0 Å². The maximum atomic E-state index is 10.8. The monoisotopic (exact) mass is 294 g/mol. The number of aryl methyl sites for hydroxylation is 1. The van der Waals surface area contributed by atoms with E-state index in [2.05, 4.69) is 21.7 Å². The van der Waals surface area contributed by atoms with Crippen LogP contribution in [0, 0.1) is 17.0 Å². The summed E-state index contributed by atoms with van der Waals surface area (Å²) in [6.45, 7) is 8.28. The van der Waals surface area contributed by atoms with Crippen molar-refractivity contribution in [1.82, 2.24) is 9.88 Å². The molecule has 1 aliphatic rings. The Labute approximate surface area is 124 Å². The Bertz CT molecular complexity index is 501. The molecule has 0 N–H and O–H groups in total. The Hall–Kier alpha value is -1.73. The van der Waals surface area contributed by atoms with Gasteiger partial charge in [-0.1, -0.05) is 0 Å². The van der Waals surface area contributed by atoms with Crippen molar-refractivity contribution < 1.29 is 9.66 Å². The number of nitro groups is 1. The summed E-state index contributed by atoms with van der Waals surface area (Å²) >= 11 is 0. The van der Waals surface area contributed by atoms with Crippen molar-refractivity contribution in [3.05, 3.63) is 27.9 Å². The lowest BCUT2D eigenvalue weighted by Gasteiger charge is -2.38. The van der Waals surface area contributed by atoms with Crippen LogP contribution in [0.1, 0.15) is 12.5 Å². The molecule has 0 radical (unpaired) electrons. The molecule has 21 heavy (non-hydrogen) atoms. The van der Waals surface area contributed by atoms with E-state index in [0.29, 0.717) is 11.6 Å². The molecule has 1 aromatic heterocycles. The third kappa shape index (κ3) is 3.68. The molecule has 2 heterocycles. The van der Waals surface area contributed by atoms with Crippen molar-refractivity contribution in [2.24, 2.45) is 0 Å². The Morgan fingerprint density at radius 3 is 2.62 bits per heavy atom. The number of aromatic nitrogens is 1. The lowest BCUT2D eigenvalue weighted by atomic mass is 10.2. The van der Waals surface area contributed by atoms with Crippen LogP contribution in [0.3, 0.4) is 0 Å². The van der Waals surface area contributed by atoms with Gasteiger partial charge in [0.1, 0.15) is 12.0 Å². The number of methoxy groups -OCH3 is 1. The second-order valence-corrected chi connectivity index (χ2v) is 5.41. The highest BCUT2D eigenvalue weighted by Crippen LogP contribution is 2.22. The Kier molecular flexibility index (Phi) is 5.08. The first kappa shape index (κ1) is 15.7. The minimum atomic E-state index is -0.392. The molecule has 0 saturated carbocycles. The minimum Gasteiger partial charge on any atom is -0.383 e. The van der Waals surface area contributed by atoms with E-state index in [0.717, 1.165) is 38.6 Å². The van der Waals surface area contributed by atoms with Crippen molar-refractivity contribution in [2.45, 2.75) is 19.9 Å². The largest absolute Gasteiger partial charge is 0.383 e. The van der Waals surface area contributed by atoms with Crippen molar-refractivity contribution in [3.8, 4) is 0 Å². The molecule has 1 unspecified atom stereocenters. The van der Waals surface area contributed by atoms with Gasteiger partial charge in [-0.25, -0.2) is 4.98 Å². The number of pyridine rings is 1. The summed E-state index contributed by atoms with van der Waals surface area (Å²) in [5, 5.41) is 10.8. The van der Waals surface area contributed by atoms with Crippen LogP contribution in [-0.4, -0.2) is 60.7 Å². The molecule has 7 heteroatoms. The fourth-order valence-electron chi connectivity index (χ4n) is 2.64. The van der Waals surface area contributed by atoms with Gasteiger partial charge in [0.15, 0.2) is 0 Å². The summed E-state index contributed by atoms with van der Waals surface area (Å²) in [7, 11) is 1.72. The molecule has 1 aromatic rings. The van der Waals surface area contributed by atoms with Gasteiger partial charge in [0, 0.05) is 44.9 Å². The smallest absolute Gasteiger partial charge is 0.290 e. The van der Waals surface area contributed by atoms with Gasteiger partial charge in [0.25, 0.3) is 5.69 Å². The average molecular weight is 294 g/mol. The first-order valence-electron chi connectivity index (χ1n) is 7.12. The second-order valence-electron chi connectivity index (χ2n) is 5.41.